The number of hydrogen-bond acceptors (Lipinski definition) is 7. The maximum atomic E-state index is 12.6. The van der Waals surface area contributed by atoms with Crippen molar-refractivity contribution in [1.29, 1.82) is 0 Å². The number of rotatable bonds is 7. The van der Waals surface area contributed by atoms with Crippen molar-refractivity contribution >= 4 is 17.8 Å². The van der Waals surface area contributed by atoms with E-state index in [-0.39, 0.29) is 25.7 Å². The fourth-order valence-corrected chi connectivity index (χ4v) is 3.52. The van der Waals surface area contributed by atoms with E-state index in [0.717, 1.165) is 30.1 Å². The summed E-state index contributed by atoms with van der Waals surface area (Å²) in [5.74, 6) is 0.557. The van der Waals surface area contributed by atoms with Crippen LogP contribution in [0.5, 0.6) is 11.5 Å². The highest BCUT2D eigenvalue weighted by atomic mass is 16.7. The Kier molecular flexibility index (Phi) is 5.81. The second-order valence-corrected chi connectivity index (χ2v) is 7.12. The van der Waals surface area contributed by atoms with Crippen LogP contribution in [0.2, 0.25) is 0 Å². The highest BCUT2D eigenvalue weighted by Crippen LogP contribution is 2.33. The van der Waals surface area contributed by atoms with E-state index in [1.54, 1.807) is 18.2 Å². The number of benzene rings is 1. The predicted octanol–water partition coefficient (Wildman–Crippen LogP) is -0.326. The molecule has 0 unspecified atom stereocenters. The first-order valence-electron chi connectivity index (χ1n) is 9.67. The highest BCUT2D eigenvalue weighted by molar-refractivity contribution is 6.05. The average molecular weight is 404 g/mol. The number of imide groups is 1. The Morgan fingerprint density at radius 2 is 1.97 bits per heavy atom. The summed E-state index contributed by atoms with van der Waals surface area (Å²) in [5.41, 5.74) is 0.744. The number of fused-ring (bicyclic) bond motifs is 1. The Morgan fingerprint density at radius 3 is 2.79 bits per heavy atom. The Bertz CT molecular complexity index is 795. The molecule has 0 saturated carbocycles. The monoisotopic (exact) mass is 404 g/mol. The molecule has 3 aliphatic rings. The van der Waals surface area contributed by atoms with Crippen LogP contribution in [-0.2, 0) is 20.9 Å². The van der Waals surface area contributed by atoms with Gasteiger partial charge in [-0.15, -0.1) is 0 Å². The largest absolute Gasteiger partial charge is 0.454 e. The van der Waals surface area contributed by atoms with Crippen molar-refractivity contribution in [2.45, 2.75) is 19.0 Å². The number of carbonyl (C=O) groups is 3. The molecule has 10 nitrogen and oxygen atoms in total. The summed E-state index contributed by atoms with van der Waals surface area (Å²) < 4.78 is 15.9. The third-order valence-corrected chi connectivity index (χ3v) is 5.13. The zero-order valence-electron chi connectivity index (χ0n) is 16.0. The van der Waals surface area contributed by atoms with E-state index in [1.807, 2.05) is 0 Å². The molecule has 0 bridgehead atoms. The van der Waals surface area contributed by atoms with Crippen LogP contribution in [0.15, 0.2) is 18.2 Å². The van der Waals surface area contributed by atoms with Gasteiger partial charge in [-0.3, -0.25) is 19.4 Å². The lowest BCUT2D eigenvalue weighted by atomic mass is 10.1. The molecule has 3 heterocycles. The second kappa shape index (κ2) is 8.66. The molecule has 10 heteroatoms. The minimum absolute atomic E-state index is 0.0781. The van der Waals surface area contributed by atoms with Crippen LogP contribution in [0.1, 0.15) is 12.0 Å². The second-order valence-electron chi connectivity index (χ2n) is 7.12. The molecule has 0 spiro atoms. The van der Waals surface area contributed by atoms with Gasteiger partial charge in [0.05, 0.1) is 26.2 Å². The van der Waals surface area contributed by atoms with Crippen molar-refractivity contribution in [3.05, 3.63) is 23.8 Å². The van der Waals surface area contributed by atoms with E-state index in [4.69, 9.17) is 14.2 Å². The van der Waals surface area contributed by atoms with Gasteiger partial charge in [-0.05, 0) is 17.7 Å². The maximum absolute atomic E-state index is 12.6. The van der Waals surface area contributed by atoms with Crippen LogP contribution in [0.3, 0.4) is 0 Å². The van der Waals surface area contributed by atoms with E-state index < -0.39 is 18.0 Å². The van der Waals surface area contributed by atoms with Gasteiger partial charge in [-0.25, -0.2) is 4.79 Å². The zero-order valence-corrected chi connectivity index (χ0v) is 16.0. The molecular formula is C19H24N4O6. The minimum atomic E-state index is -0.847. The molecular weight excluding hydrogens is 380 g/mol. The Labute approximate surface area is 168 Å². The Morgan fingerprint density at radius 1 is 1.17 bits per heavy atom. The molecule has 0 aliphatic carbocycles. The molecule has 4 rings (SSSR count). The molecule has 4 amide bonds. The number of ether oxygens (including phenoxy) is 3. The van der Waals surface area contributed by atoms with Gasteiger partial charge in [-0.2, -0.15) is 0 Å². The molecule has 1 atom stereocenters. The molecule has 1 aromatic carbocycles. The number of nitrogens with one attached hydrogen (secondary N) is 2. The van der Waals surface area contributed by atoms with Gasteiger partial charge < -0.3 is 24.8 Å². The average Bonchev–Trinajstić information content (AvgIpc) is 3.28. The van der Waals surface area contributed by atoms with Crippen LogP contribution in [0.25, 0.3) is 0 Å². The topological polar surface area (TPSA) is 109 Å². The quantitative estimate of drug-likeness (QED) is 0.599. The molecule has 29 heavy (non-hydrogen) atoms. The number of hydrogen-bond donors (Lipinski definition) is 2. The summed E-state index contributed by atoms with van der Waals surface area (Å²) in [5, 5.41) is 5.40. The summed E-state index contributed by atoms with van der Waals surface area (Å²) >= 11 is 0. The third kappa shape index (κ3) is 4.60. The van der Waals surface area contributed by atoms with Gasteiger partial charge in [0, 0.05) is 26.2 Å². The summed E-state index contributed by atoms with van der Waals surface area (Å²) in [6.45, 7) is 4.60. The number of nitrogens with zero attached hydrogens (tertiary/aromatic N) is 2. The van der Waals surface area contributed by atoms with Gasteiger partial charge in [0.1, 0.15) is 6.04 Å². The predicted molar refractivity (Wildman–Crippen MR) is 100 cm³/mol. The summed E-state index contributed by atoms with van der Waals surface area (Å²) in [6.07, 6.45) is -0.0781. The number of morpholine rings is 1. The third-order valence-electron chi connectivity index (χ3n) is 5.13. The molecule has 0 aromatic heterocycles. The SMILES string of the molecule is O=C(C[C@@H]1NC(=O)N(Cc2ccc3c(c2)OCO3)C1=O)NCCN1CCOCC1. The lowest BCUT2D eigenvalue weighted by Gasteiger charge is -2.26. The summed E-state index contributed by atoms with van der Waals surface area (Å²) in [4.78, 5) is 40.3. The normalized spacial score (nSPS) is 21.4. The van der Waals surface area contributed by atoms with E-state index in [9.17, 15) is 14.4 Å². The van der Waals surface area contributed by atoms with E-state index in [1.165, 1.54) is 0 Å². The van der Waals surface area contributed by atoms with Gasteiger partial charge in [-0.1, -0.05) is 6.07 Å². The molecule has 2 fully saturated rings. The van der Waals surface area contributed by atoms with E-state index >= 15 is 0 Å². The van der Waals surface area contributed by atoms with Crippen molar-refractivity contribution in [2.24, 2.45) is 0 Å². The first-order valence-corrected chi connectivity index (χ1v) is 9.67. The van der Waals surface area contributed by atoms with Gasteiger partial charge in [0.2, 0.25) is 12.7 Å². The molecule has 156 valence electrons. The van der Waals surface area contributed by atoms with Crippen molar-refractivity contribution in [3.8, 4) is 11.5 Å². The lowest BCUT2D eigenvalue weighted by molar-refractivity contribution is -0.131. The van der Waals surface area contributed by atoms with Crippen molar-refractivity contribution in [3.63, 3.8) is 0 Å². The van der Waals surface area contributed by atoms with Gasteiger partial charge in [0.25, 0.3) is 5.91 Å². The van der Waals surface area contributed by atoms with Crippen LogP contribution >= 0.6 is 0 Å². The highest BCUT2D eigenvalue weighted by Gasteiger charge is 2.39. The van der Waals surface area contributed by atoms with Gasteiger partial charge in [0.15, 0.2) is 11.5 Å². The van der Waals surface area contributed by atoms with Gasteiger partial charge >= 0.3 is 6.03 Å². The minimum Gasteiger partial charge on any atom is -0.454 e. The van der Waals surface area contributed by atoms with Crippen LogP contribution in [0, 0.1) is 0 Å². The van der Waals surface area contributed by atoms with Crippen LogP contribution < -0.4 is 20.1 Å². The van der Waals surface area contributed by atoms with E-state index in [2.05, 4.69) is 15.5 Å². The molecule has 2 saturated heterocycles. The first-order chi connectivity index (χ1) is 14.1. The van der Waals surface area contributed by atoms with E-state index in [0.29, 0.717) is 31.3 Å². The van der Waals surface area contributed by atoms with Crippen molar-refractivity contribution in [1.82, 2.24) is 20.4 Å². The summed E-state index contributed by atoms with van der Waals surface area (Å²) in [7, 11) is 0. The number of carbonyl (C=O) groups excluding carboxylic acids is 3. The maximum Gasteiger partial charge on any atom is 0.325 e. The first kappa shape index (κ1) is 19.5. The summed E-state index contributed by atoms with van der Waals surface area (Å²) in [6, 6.07) is 3.92. The van der Waals surface area contributed by atoms with Crippen molar-refractivity contribution in [2.75, 3.05) is 46.2 Å². The zero-order chi connectivity index (χ0) is 20.2. The smallest absolute Gasteiger partial charge is 0.325 e. The van der Waals surface area contributed by atoms with Crippen LogP contribution in [0.4, 0.5) is 4.79 Å². The molecule has 1 aromatic rings. The Balaban J connectivity index is 1.25. The number of urea groups is 1. The number of amides is 4. The standard InChI is InChI=1S/C19H24N4O6/c24-17(20-3-4-22-5-7-27-8-6-22)10-14-18(25)23(19(26)21-14)11-13-1-2-15-16(9-13)29-12-28-15/h1-2,9,14H,3-8,10-12H2,(H,20,24)(H,21,26)/t14-/m0/s1. The van der Waals surface area contributed by atoms with Crippen molar-refractivity contribution < 1.29 is 28.6 Å². The fourth-order valence-electron chi connectivity index (χ4n) is 3.52. The molecule has 0 radical (unpaired) electrons. The van der Waals surface area contributed by atoms with Crippen LogP contribution in [-0.4, -0.2) is 79.9 Å². The molecule has 2 N–H and O–H groups in total. The molecule has 3 aliphatic heterocycles. The Hall–Kier alpha value is -2.85. The fraction of sp³-hybridized carbons (Fsp3) is 0.526. The lowest BCUT2D eigenvalue weighted by Crippen LogP contribution is -2.42.